The number of hydrogen-bond donors (Lipinski definition) is 5. The standard InChI is InChI=1S/C9H8F3NO2.C8H6F3NO2.CH4.H2O4S/c1-15-8(14)6-4-5(9(10,11)12)2-3-7(6)13;9-8(10,11)4-1-2-6(12)5(3-4)7(13)14;;1-5(2,3)4/h2-4H,13H2,1H3;1-3H,12H2,(H,13,14);1H4;(H2,1,2,3,4). The van der Waals surface area contributed by atoms with Crippen LogP contribution in [0.4, 0.5) is 37.7 Å². The van der Waals surface area contributed by atoms with Crippen LogP contribution in [0, 0.1) is 0 Å². The minimum absolute atomic E-state index is 0. The molecule has 0 amide bonds. The summed E-state index contributed by atoms with van der Waals surface area (Å²) < 4.78 is 109. The van der Waals surface area contributed by atoms with Gasteiger partial charge in [-0.2, -0.15) is 34.8 Å². The van der Waals surface area contributed by atoms with Crippen molar-refractivity contribution in [3.05, 3.63) is 58.7 Å². The zero-order chi connectivity index (χ0) is 27.1. The molecule has 2 aromatic rings. The highest BCUT2D eigenvalue weighted by Gasteiger charge is 2.32. The molecular weight excluding hydrogens is 518 g/mol. The third-order valence-electron chi connectivity index (χ3n) is 3.40. The van der Waals surface area contributed by atoms with Crippen LogP contribution < -0.4 is 11.5 Å². The van der Waals surface area contributed by atoms with E-state index in [-0.39, 0.29) is 24.4 Å². The lowest BCUT2D eigenvalue weighted by Gasteiger charge is -2.09. The third kappa shape index (κ3) is 12.5. The van der Waals surface area contributed by atoms with Crippen molar-refractivity contribution in [1.29, 1.82) is 0 Å². The van der Waals surface area contributed by atoms with Crippen LogP contribution >= 0.6 is 0 Å². The molecule has 0 aliphatic heterocycles. The van der Waals surface area contributed by atoms with Crippen LogP contribution in [0.1, 0.15) is 39.3 Å². The van der Waals surface area contributed by atoms with Crippen LogP contribution in [0.15, 0.2) is 36.4 Å². The summed E-state index contributed by atoms with van der Waals surface area (Å²) in [6, 6.07) is 4.67. The fourth-order valence-corrected chi connectivity index (χ4v) is 1.94. The maximum Gasteiger partial charge on any atom is 0.416 e. The molecule has 10 nitrogen and oxygen atoms in total. The first-order chi connectivity index (χ1) is 15.2. The van der Waals surface area contributed by atoms with Crippen LogP contribution in [0.3, 0.4) is 0 Å². The number of carboxylic acids is 1. The summed E-state index contributed by atoms with van der Waals surface area (Å²) in [5, 5.41) is 8.51. The van der Waals surface area contributed by atoms with Crippen molar-refractivity contribution in [3.8, 4) is 0 Å². The average Bonchev–Trinajstić information content (AvgIpc) is 2.65. The van der Waals surface area contributed by atoms with Crippen LogP contribution in [0.5, 0.6) is 0 Å². The van der Waals surface area contributed by atoms with Gasteiger partial charge in [0.25, 0.3) is 0 Å². The molecule has 0 saturated carbocycles. The van der Waals surface area contributed by atoms with E-state index in [2.05, 4.69) is 4.74 Å². The van der Waals surface area contributed by atoms with E-state index in [1.54, 1.807) is 0 Å². The number of nitrogens with two attached hydrogens (primary N) is 2. The molecule has 0 heterocycles. The molecule has 17 heteroatoms. The first-order valence-electron chi connectivity index (χ1n) is 8.13. The number of carboxylic acid groups (broad SMARTS) is 1. The average molecular weight is 538 g/mol. The predicted molar refractivity (Wildman–Crippen MR) is 111 cm³/mol. The topological polar surface area (TPSA) is 190 Å². The molecule has 0 fully saturated rings. The Morgan fingerprint density at radius 2 is 1.14 bits per heavy atom. The van der Waals surface area contributed by atoms with E-state index >= 15 is 0 Å². The largest absolute Gasteiger partial charge is 0.478 e. The van der Waals surface area contributed by atoms with Gasteiger partial charge in [-0.05, 0) is 36.4 Å². The van der Waals surface area contributed by atoms with E-state index in [9.17, 15) is 35.9 Å². The van der Waals surface area contributed by atoms with Crippen LogP contribution in [-0.2, 0) is 27.5 Å². The molecule has 35 heavy (non-hydrogen) atoms. The summed E-state index contributed by atoms with van der Waals surface area (Å²) in [5.74, 6) is -2.37. The molecule has 2 aromatic carbocycles. The van der Waals surface area contributed by atoms with Gasteiger partial charge in [-0.1, -0.05) is 7.43 Å². The minimum Gasteiger partial charge on any atom is -0.478 e. The second kappa shape index (κ2) is 12.8. The van der Waals surface area contributed by atoms with Gasteiger partial charge in [0, 0.05) is 11.4 Å². The van der Waals surface area contributed by atoms with Gasteiger partial charge in [-0.15, -0.1) is 0 Å². The lowest BCUT2D eigenvalue weighted by atomic mass is 10.1. The Morgan fingerprint density at radius 3 is 1.43 bits per heavy atom. The Balaban J connectivity index is 0. The summed E-state index contributed by atoms with van der Waals surface area (Å²) >= 11 is 0. The normalized spacial score (nSPS) is 11.0. The molecule has 2 rings (SSSR count). The van der Waals surface area contributed by atoms with Gasteiger partial charge in [0.2, 0.25) is 0 Å². The highest BCUT2D eigenvalue weighted by atomic mass is 32.3. The summed E-state index contributed by atoms with van der Waals surface area (Å²) in [5.41, 5.74) is 7.51. The number of aromatic carboxylic acids is 1. The predicted octanol–water partition coefficient (Wildman–Crippen LogP) is 4.04. The molecule has 0 aliphatic rings. The third-order valence-corrected chi connectivity index (χ3v) is 3.40. The summed E-state index contributed by atoms with van der Waals surface area (Å²) in [7, 11) is -3.60. The van der Waals surface area contributed by atoms with Crippen molar-refractivity contribution in [2.75, 3.05) is 18.6 Å². The Bertz CT molecular complexity index is 1130. The van der Waals surface area contributed by atoms with Crippen molar-refractivity contribution in [2.45, 2.75) is 19.8 Å². The van der Waals surface area contributed by atoms with E-state index < -0.39 is 51.4 Å². The van der Waals surface area contributed by atoms with Crippen molar-refractivity contribution < 1.29 is 63.3 Å². The summed E-state index contributed by atoms with van der Waals surface area (Å²) in [4.78, 5) is 21.5. The monoisotopic (exact) mass is 538 g/mol. The zero-order valence-electron chi connectivity index (χ0n) is 16.7. The number of carbonyl (C=O) groups excluding carboxylic acids is 1. The molecule has 0 bridgehead atoms. The number of esters is 1. The maximum absolute atomic E-state index is 12.3. The second-order valence-corrected chi connectivity index (χ2v) is 6.74. The summed E-state index contributed by atoms with van der Waals surface area (Å²) in [6.45, 7) is 0. The van der Waals surface area contributed by atoms with E-state index in [1.165, 1.54) is 0 Å². The summed E-state index contributed by atoms with van der Waals surface area (Å²) in [6.07, 6.45) is -9.06. The Kier molecular flexibility index (Phi) is 12.3. The Hall–Kier alpha value is -3.57. The van der Waals surface area contributed by atoms with Gasteiger partial charge in [0.1, 0.15) is 0 Å². The van der Waals surface area contributed by atoms with Crippen molar-refractivity contribution in [2.24, 2.45) is 0 Å². The second-order valence-electron chi connectivity index (χ2n) is 5.84. The fourth-order valence-electron chi connectivity index (χ4n) is 1.94. The van der Waals surface area contributed by atoms with E-state index in [0.717, 1.165) is 31.4 Å². The highest BCUT2D eigenvalue weighted by molar-refractivity contribution is 7.79. The number of carbonyl (C=O) groups is 2. The highest BCUT2D eigenvalue weighted by Crippen LogP contribution is 2.32. The smallest absolute Gasteiger partial charge is 0.416 e. The first-order valence-corrected chi connectivity index (χ1v) is 9.53. The molecule has 0 aromatic heterocycles. The van der Waals surface area contributed by atoms with Crippen molar-refractivity contribution in [3.63, 3.8) is 0 Å². The fraction of sp³-hybridized carbons (Fsp3) is 0.222. The lowest BCUT2D eigenvalue weighted by Crippen LogP contribution is -2.10. The molecule has 0 spiro atoms. The number of hydrogen-bond acceptors (Lipinski definition) is 7. The van der Waals surface area contributed by atoms with Crippen molar-refractivity contribution >= 4 is 33.7 Å². The molecule has 0 saturated heterocycles. The number of methoxy groups -OCH3 is 1. The van der Waals surface area contributed by atoms with Gasteiger partial charge in [0.15, 0.2) is 0 Å². The van der Waals surface area contributed by atoms with Gasteiger partial charge in [0.05, 0.1) is 29.4 Å². The van der Waals surface area contributed by atoms with E-state index in [4.69, 9.17) is 34.1 Å². The van der Waals surface area contributed by atoms with Crippen LogP contribution in [0.25, 0.3) is 0 Å². The molecule has 198 valence electrons. The van der Waals surface area contributed by atoms with Crippen LogP contribution in [0.2, 0.25) is 0 Å². The molecule has 0 atom stereocenters. The molecular formula is C18H20F6N2O8S. The van der Waals surface area contributed by atoms with Gasteiger partial charge in [-0.3, -0.25) is 9.11 Å². The van der Waals surface area contributed by atoms with Crippen molar-refractivity contribution in [1.82, 2.24) is 0 Å². The van der Waals surface area contributed by atoms with Crippen LogP contribution in [-0.4, -0.2) is 41.7 Å². The number of nitrogen functional groups attached to an aromatic ring is 2. The number of halogens is 6. The number of ether oxygens (including phenoxy) is 1. The van der Waals surface area contributed by atoms with Gasteiger partial charge < -0.3 is 21.3 Å². The minimum atomic E-state index is -4.67. The van der Waals surface area contributed by atoms with E-state index in [1.807, 2.05) is 0 Å². The van der Waals surface area contributed by atoms with Gasteiger partial charge in [-0.25, -0.2) is 9.59 Å². The quantitative estimate of drug-likeness (QED) is 0.161. The SMILES string of the molecule is C.COC(=O)c1cc(C(F)(F)F)ccc1N.Nc1ccc(C(F)(F)F)cc1C(=O)O.O=S(=O)(O)O. The molecule has 0 radical (unpaired) electrons. The lowest BCUT2D eigenvalue weighted by molar-refractivity contribution is -0.138. The van der Waals surface area contributed by atoms with Gasteiger partial charge >= 0.3 is 34.7 Å². The Morgan fingerprint density at radius 1 is 0.829 bits per heavy atom. The first kappa shape index (κ1) is 33.6. The number of benzene rings is 2. The number of rotatable bonds is 2. The molecule has 7 N–H and O–H groups in total. The maximum atomic E-state index is 12.3. The zero-order valence-corrected chi connectivity index (χ0v) is 17.5. The van der Waals surface area contributed by atoms with E-state index in [0.29, 0.717) is 12.1 Å². The molecule has 0 aliphatic carbocycles. The number of anilines is 2. The Labute approximate surface area is 194 Å². The number of alkyl halides is 6. The molecule has 0 unspecified atom stereocenters.